The number of benzene rings is 1. The van der Waals surface area contributed by atoms with Crippen molar-refractivity contribution in [2.75, 3.05) is 6.61 Å². The van der Waals surface area contributed by atoms with E-state index >= 15 is 0 Å². The van der Waals surface area contributed by atoms with Crippen LogP contribution in [-0.2, 0) is 0 Å². The molecular formula is C21H35N3O2. The van der Waals surface area contributed by atoms with Gasteiger partial charge in [0.05, 0.1) is 12.6 Å². The van der Waals surface area contributed by atoms with Crippen molar-refractivity contribution >= 4 is 11.7 Å². The lowest BCUT2D eigenvalue weighted by Gasteiger charge is -2.21. The van der Waals surface area contributed by atoms with Crippen molar-refractivity contribution < 1.29 is 9.53 Å². The minimum Gasteiger partial charge on any atom is -0.494 e. The number of unbranched alkanes of at least 4 members (excludes halogenated alkanes) is 6. The predicted octanol–water partition coefficient (Wildman–Crippen LogP) is 4.51. The maximum absolute atomic E-state index is 12.3. The average Bonchev–Trinajstić information content (AvgIpc) is 2.61. The molecule has 0 heterocycles. The van der Waals surface area contributed by atoms with E-state index in [9.17, 15) is 4.79 Å². The van der Waals surface area contributed by atoms with Crippen molar-refractivity contribution in [2.45, 2.75) is 71.8 Å². The van der Waals surface area contributed by atoms with Crippen molar-refractivity contribution in [3.05, 3.63) is 29.8 Å². The van der Waals surface area contributed by atoms with E-state index < -0.39 is 6.04 Å². The molecule has 0 saturated carbocycles. The van der Waals surface area contributed by atoms with Gasteiger partial charge < -0.3 is 15.8 Å². The zero-order chi connectivity index (χ0) is 19.4. The number of nitrogens with one attached hydrogen (secondary N) is 2. The van der Waals surface area contributed by atoms with Gasteiger partial charge in [0.2, 0.25) is 0 Å². The lowest BCUT2D eigenvalue weighted by molar-refractivity contribution is 0.0939. The number of carbonyl (C=O) groups excluding carboxylic acids is 1. The Bertz CT molecular complexity index is 541. The second-order valence-corrected chi connectivity index (χ2v) is 7.14. The van der Waals surface area contributed by atoms with E-state index in [-0.39, 0.29) is 17.7 Å². The summed E-state index contributed by atoms with van der Waals surface area (Å²) >= 11 is 0. The first kappa shape index (κ1) is 22.0. The van der Waals surface area contributed by atoms with Gasteiger partial charge in [0, 0.05) is 5.56 Å². The Morgan fingerprint density at radius 1 is 1.08 bits per heavy atom. The molecule has 4 N–H and O–H groups in total. The standard InChI is InChI=1S/C21H35N3O2/c1-4-5-6-7-8-9-10-15-26-18-13-11-17(12-14-18)21(25)24-19(16(2)3)20(22)23/h11-14,16,19H,4-10,15H2,1-3H3,(H3,22,23)(H,24,25). The Labute approximate surface area is 158 Å². The van der Waals surface area contributed by atoms with Crippen molar-refractivity contribution in [1.82, 2.24) is 5.32 Å². The van der Waals surface area contributed by atoms with Gasteiger partial charge in [-0.1, -0.05) is 59.3 Å². The molecule has 0 aliphatic rings. The van der Waals surface area contributed by atoms with Gasteiger partial charge in [-0.15, -0.1) is 0 Å². The molecule has 1 amide bonds. The molecule has 0 fully saturated rings. The molecule has 0 radical (unpaired) electrons. The largest absolute Gasteiger partial charge is 0.494 e. The van der Waals surface area contributed by atoms with Crippen LogP contribution in [0.5, 0.6) is 5.75 Å². The quantitative estimate of drug-likeness (QED) is 0.274. The average molecular weight is 362 g/mol. The van der Waals surface area contributed by atoms with Crippen LogP contribution in [0.2, 0.25) is 0 Å². The third kappa shape index (κ3) is 8.37. The van der Waals surface area contributed by atoms with Crippen LogP contribution in [0, 0.1) is 11.3 Å². The first-order valence-electron chi connectivity index (χ1n) is 9.83. The number of rotatable bonds is 13. The van der Waals surface area contributed by atoms with Gasteiger partial charge in [0.1, 0.15) is 11.6 Å². The summed E-state index contributed by atoms with van der Waals surface area (Å²) in [6.07, 6.45) is 8.80. The number of ether oxygens (including phenoxy) is 1. The monoisotopic (exact) mass is 361 g/mol. The Balaban J connectivity index is 2.34. The molecule has 1 aromatic rings. The van der Waals surface area contributed by atoms with Crippen molar-refractivity contribution in [2.24, 2.45) is 11.7 Å². The maximum atomic E-state index is 12.3. The molecule has 1 atom stereocenters. The molecule has 146 valence electrons. The summed E-state index contributed by atoms with van der Waals surface area (Å²) in [7, 11) is 0. The highest BCUT2D eigenvalue weighted by Gasteiger charge is 2.19. The van der Waals surface area contributed by atoms with Crippen LogP contribution >= 0.6 is 0 Å². The molecule has 5 nitrogen and oxygen atoms in total. The van der Waals surface area contributed by atoms with Crippen molar-refractivity contribution in [1.29, 1.82) is 5.41 Å². The Hall–Kier alpha value is -2.04. The van der Waals surface area contributed by atoms with Crippen LogP contribution in [0.25, 0.3) is 0 Å². The summed E-state index contributed by atoms with van der Waals surface area (Å²) in [5.41, 5.74) is 6.09. The van der Waals surface area contributed by atoms with Gasteiger partial charge in [-0.3, -0.25) is 10.2 Å². The summed E-state index contributed by atoms with van der Waals surface area (Å²) in [5, 5.41) is 10.4. The first-order chi connectivity index (χ1) is 12.5. The third-order valence-corrected chi connectivity index (χ3v) is 4.42. The minimum absolute atomic E-state index is 0.0250. The Morgan fingerprint density at radius 2 is 1.65 bits per heavy atom. The van der Waals surface area contributed by atoms with E-state index in [4.69, 9.17) is 15.9 Å². The highest BCUT2D eigenvalue weighted by atomic mass is 16.5. The van der Waals surface area contributed by atoms with E-state index in [1.165, 1.54) is 38.5 Å². The van der Waals surface area contributed by atoms with E-state index in [2.05, 4.69) is 12.2 Å². The number of amides is 1. The van der Waals surface area contributed by atoms with E-state index in [0.29, 0.717) is 12.2 Å². The molecule has 1 rings (SSSR count). The first-order valence-corrected chi connectivity index (χ1v) is 9.83. The fourth-order valence-corrected chi connectivity index (χ4v) is 2.78. The molecule has 26 heavy (non-hydrogen) atoms. The highest BCUT2D eigenvalue weighted by molar-refractivity contribution is 5.97. The number of nitrogens with two attached hydrogens (primary N) is 1. The Kier molecular flexibility index (Phi) is 10.4. The predicted molar refractivity (Wildman–Crippen MR) is 108 cm³/mol. The van der Waals surface area contributed by atoms with Crippen LogP contribution in [-0.4, -0.2) is 24.4 Å². The number of carbonyl (C=O) groups is 1. The fourth-order valence-electron chi connectivity index (χ4n) is 2.78. The summed E-state index contributed by atoms with van der Waals surface area (Å²) < 4.78 is 5.74. The van der Waals surface area contributed by atoms with E-state index in [1.54, 1.807) is 12.1 Å². The van der Waals surface area contributed by atoms with Crippen molar-refractivity contribution in [3.8, 4) is 5.75 Å². The maximum Gasteiger partial charge on any atom is 0.251 e. The lowest BCUT2D eigenvalue weighted by Crippen LogP contribution is -2.47. The molecule has 0 saturated heterocycles. The second kappa shape index (κ2) is 12.3. The number of amidine groups is 1. The molecule has 0 aromatic heterocycles. The molecule has 0 spiro atoms. The van der Waals surface area contributed by atoms with Crippen LogP contribution in [0.1, 0.15) is 76.1 Å². The molecular weight excluding hydrogens is 326 g/mol. The zero-order valence-corrected chi connectivity index (χ0v) is 16.5. The highest BCUT2D eigenvalue weighted by Crippen LogP contribution is 2.14. The van der Waals surface area contributed by atoms with E-state index in [1.807, 2.05) is 26.0 Å². The molecule has 1 aromatic carbocycles. The van der Waals surface area contributed by atoms with Crippen molar-refractivity contribution in [3.63, 3.8) is 0 Å². The SMILES string of the molecule is CCCCCCCCCOc1ccc(C(=O)NC(C(=N)N)C(C)C)cc1. The van der Waals surface area contributed by atoms with Gasteiger partial charge in [-0.25, -0.2) is 0 Å². The third-order valence-electron chi connectivity index (χ3n) is 4.42. The second-order valence-electron chi connectivity index (χ2n) is 7.14. The van der Waals surface area contributed by atoms with Gasteiger partial charge >= 0.3 is 0 Å². The van der Waals surface area contributed by atoms with Gasteiger partial charge in [0.25, 0.3) is 5.91 Å². The van der Waals surface area contributed by atoms with Gasteiger partial charge in [-0.2, -0.15) is 0 Å². The molecule has 0 bridgehead atoms. The summed E-state index contributed by atoms with van der Waals surface area (Å²) in [6.45, 7) is 6.79. The van der Waals surface area contributed by atoms with E-state index in [0.717, 1.165) is 12.2 Å². The minimum atomic E-state index is -0.448. The van der Waals surface area contributed by atoms with Crippen LogP contribution < -0.4 is 15.8 Å². The Morgan fingerprint density at radius 3 is 2.19 bits per heavy atom. The number of hydrogen-bond donors (Lipinski definition) is 3. The summed E-state index contributed by atoms with van der Waals surface area (Å²) in [4.78, 5) is 12.3. The smallest absolute Gasteiger partial charge is 0.251 e. The summed E-state index contributed by atoms with van der Waals surface area (Å²) in [6, 6.07) is 6.67. The molecule has 0 aliphatic heterocycles. The molecule has 5 heteroatoms. The van der Waals surface area contributed by atoms with Gasteiger partial charge in [-0.05, 0) is 36.6 Å². The molecule has 0 aliphatic carbocycles. The van der Waals surface area contributed by atoms with Crippen LogP contribution in [0.3, 0.4) is 0 Å². The normalized spacial score (nSPS) is 12.0. The van der Waals surface area contributed by atoms with Gasteiger partial charge in [0.15, 0.2) is 0 Å². The molecule has 1 unspecified atom stereocenters. The number of hydrogen-bond acceptors (Lipinski definition) is 3. The lowest BCUT2D eigenvalue weighted by atomic mass is 10.0. The zero-order valence-electron chi connectivity index (χ0n) is 16.5. The van der Waals surface area contributed by atoms with Crippen LogP contribution in [0.4, 0.5) is 0 Å². The topological polar surface area (TPSA) is 88.2 Å². The van der Waals surface area contributed by atoms with Crippen LogP contribution in [0.15, 0.2) is 24.3 Å². The fraction of sp³-hybridized carbons (Fsp3) is 0.619. The summed E-state index contributed by atoms with van der Waals surface area (Å²) in [5.74, 6) is 0.598.